The van der Waals surface area contributed by atoms with Crippen molar-refractivity contribution in [3.05, 3.63) is 64.7 Å². The van der Waals surface area contributed by atoms with E-state index in [2.05, 4.69) is 0 Å². The molecule has 0 aliphatic heterocycles. The van der Waals surface area contributed by atoms with Crippen molar-refractivity contribution >= 4 is 17.6 Å². The highest BCUT2D eigenvalue weighted by Crippen LogP contribution is 2.18. The summed E-state index contributed by atoms with van der Waals surface area (Å²) >= 11 is 5.83. The number of rotatable bonds is 4. The molecule has 0 radical (unpaired) electrons. The Bertz CT molecular complexity index is 549. The molecule has 0 N–H and O–H groups in total. The van der Waals surface area contributed by atoms with E-state index >= 15 is 0 Å². The highest BCUT2D eigenvalue weighted by molar-refractivity contribution is 6.30. The van der Waals surface area contributed by atoms with E-state index < -0.39 is 5.97 Å². The molecule has 18 heavy (non-hydrogen) atoms. The van der Waals surface area contributed by atoms with E-state index in [1.165, 1.54) is 12.1 Å². The molecular formula is C14H10ClO3-. The van der Waals surface area contributed by atoms with Gasteiger partial charge in [0.1, 0.15) is 12.4 Å². The Balaban J connectivity index is 2.00. The van der Waals surface area contributed by atoms with Crippen molar-refractivity contribution in [3.63, 3.8) is 0 Å². The van der Waals surface area contributed by atoms with E-state index in [9.17, 15) is 9.90 Å². The number of carbonyl (C=O) groups excluding carboxylic acids is 1. The number of hydrogen-bond donors (Lipinski definition) is 0. The zero-order chi connectivity index (χ0) is 13.0. The maximum atomic E-state index is 10.6. The van der Waals surface area contributed by atoms with Crippen molar-refractivity contribution in [1.29, 1.82) is 0 Å². The summed E-state index contributed by atoms with van der Waals surface area (Å²) in [6.07, 6.45) is 0. The summed E-state index contributed by atoms with van der Waals surface area (Å²) in [6.45, 7) is 0.355. The molecule has 2 aromatic rings. The van der Waals surface area contributed by atoms with Crippen molar-refractivity contribution in [2.45, 2.75) is 6.61 Å². The van der Waals surface area contributed by atoms with E-state index in [0.717, 1.165) is 5.56 Å². The van der Waals surface area contributed by atoms with Gasteiger partial charge in [-0.2, -0.15) is 0 Å². The van der Waals surface area contributed by atoms with E-state index in [4.69, 9.17) is 16.3 Å². The number of carboxylic acid groups (broad SMARTS) is 1. The number of ether oxygens (including phenoxy) is 1. The fraction of sp³-hybridized carbons (Fsp3) is 0.0714. The van der Waals surface area contributed by atoms with Gasteiger partial charge in [0.15, 0.2) is 0 Å². The third kappa shape index (κ3) is 3.25. The van der Waals surface area contributed by atoms with Gasteiger partial charge in [0.25, 0.3) is 0 Å². The van der Waals surface area contributed by atoms with Gasteiger partial charge in [0, 0.05) is 5.02 Å². The summed E-state index contributed by atoms with van der Waals surface area (Å²) in [5.41, 5.74) is 1.03. The number of carboxylic acids is 1. The normalized spacial score (nSPS) is 10.1. The van der Waals surface area contributed by atoms with Crippen molar-refractivity contribution in [2.75, 3.05) is 0 Å². The molecule has 0 unspecified atom stereocenters. The Labute approximate surface area is 110 Å². The molecule has 0 bridgehead atoms. The number of benzene rings is 2. The van der Waals surface area contributed by atoms with Crippen LogP contribution >= 0.6 is 11.6 Å². The predicted octanol–water partition coefficient (Wildman–Crippen LogP) is 2.28. The van der Waals surface area contributed by atoms with Crippen LogP contribution in [-0.4, -0.2) is 5.97 Å². The average molecular weight is 262 g/mol. The number of aromatic carboxylic acids is 1. The highest BCUT2D eigenvalue weighted by Gasteiger charge is 1.98. The Morgan fingerprint density at radius 3 is 2.50 bits per heavy atom. The molecule has 0 saturated carbocycles. The van der Waals surface area contributed by atoms with Crippen LogP contribution in [0.15, 0.2) is 48.5 Å². The molecule has 4 heteroatoms. The van der Waals surface area contributed by atoms with Gasteiger partial charge in [-0.15, -0.1) is 0 Å². The standard InChI is InChI=1S/C14H11ClO3/c15-12-2-1-3-13(8-12)18-9-10-4-6-11(7-5-10)14(16)17/h1-8H,9H2,(H,16,17)/p-1. The van der Waals surface area contributed by atoms with Crippen LogP contribution in [0.3, 0.4) is 0 Å². The zero-order valence-electron chi connectivity index (χ0n) is 9.43. The van der Waals surface area contributed by atoms with Gasteiger partial charge < -0.3 is 14.6 Å². The lowest BCUT2D eigenvalue weighted by Crippen LogP contribution is -2.22. The van der Waals surface area contributed by atoms with Gasteiger partial charge in [-0.3, -0.25) is 0 Å². The van der Waals surface area contributed by atoms with E-state index in [0.29, 0.717) is 17.4 Å². The molecule has 0 spiro atoms. The summed E-state index contributed by atoms with van der Waals surface area (Å²) in [5, 5.41) is 11.2. The van der Waals surface area contributed by atoms with Gasteiger partial charge in [-0.05, 0) is 29.3 Å². The van der Waals surface area contributed by atoms with Crippen LogP contribution in [0, 0.1) is 0 Å². The van der Waals surface area contributed by atoms with Crippen molar-refractivity contribution < 1.29 is 14.6 Å². The molecule has 0 aliphatic carbocycles. The monoisotopic (exact) mass is 261 g/mol. The molecule has 3 nitrogen and oxygen atoms in total. The summed E-state index contributed by atoms with van der Waals surface area (Å²) in [6, 6.07) is 13.5. The summed E-state index contributed by atoms with van der Waals surface area (Å²) in [7, 11) is 0. The minimum absolute atomic E-state index is 0.154. The maximum Gasteiger partial charge on any atom is 0.121 e. The molecule has 92 valence electrons. The largest absolute Gasteiger partial charge is 0.545 e. The quantitative estimate of drug-likeness (QED) is 0.848. The van der Waals surface area contributed by atoms with Gasteiger partial charge in [-0.25, -0.2) is 0 Å². The SMILES string of the molecule is O=C([O-])c1ccc(COc2cccc(Cl)c2)cc1. The number of carbonyl (C=O) groups is 1. The molecule has 0 atom stereocenters. The molecule has 2 rings (SSSR count). The zero-order valence-corrected chi connectivity index (χ0v) is 10.2. The third-order valence-electron chi connectivity index (χ3n) is 2.39. The molecule has 0 aromatic heterocycles. The van der Waals surface area contributed by atoms with Crippen molar-refractivity contribution in [1.82, 2.24) is 0 Å². The minimum Gasteiger partial charge on any atom is -0.545 e. The van der Waals surface area contributed by atoms with E-state index in [-0.39, 0.29) is 5.56 Å². The summed E-state index contributed by atoms with van der Waals surface area (Å²) in [5.74, 6) is -0.510. The molecule has 0 heterocycles. The smallest absolute Gasteiger partial charge is 0.121 e. The topological polar surface area (TPSA) is 49.4 Å². The first-order valence-electron chi connectivity index (χ1n) is 5.34. The predicted molar refractivity (Wildman–Crippen MR) is 66.6 cm³/mol. The summed E-state index contributed by atoms with van der Waals surface area (Å²) in [4.78, 5) is 10.6. The Morgan fingerprint density at radius 2 is 1.89 bits per heavy atom. The Hall–Kier alpha value is -2.00. The molecular weight excluding hydrogens is 252 g/mol. The van der Waals surface area contributed by atoms with Crippen LogP contribution in [0.1, 0.15) is 15.9 Å². The lowest BCUT2D eigenvalue weighted by Gasteiger charge is -2.07. The summed E-state index contributed by atoms with van der Waals surface area (Å²) < 4.78 is 5.53. The van der Waals surface area contributed by atoms with Crippen LogP contribution in [0.2, 0.25) is 5.02 Å². The lowest BCUT2D eigenvalue weighted by atomic mass is 10.1. The van der Waals surface area contributed by atoms with Crippen LogP contribution in [-0.2, 0) is 6.61 Å². The fourth-order valence-electron chi connectivity index (χ4n) is 1.46. The molecule has 0 aliphatic rings. The Morgan fingerprint density at radius 1 is 1.17 bits per heavy atom. The van der Waals surface area contributed by atoms with Crippen LogP contribution in [0.5, 0.6) is 5.75 Å². The minimum atomic E-state index is -1.18. The molecule has 2 aromatic carbocycles. The van der Waals surface area contributed by atoms with Crippen LogP contribution in [0.25, 0.3) is 0 Å². The first kappa shape index (κ1) is 12.5. The lowest BCUT2D eigenvalue weighted by molar-refractivity contribution is -0.255. The second-order valence-electron chi connectivity index (χ2n) is 3.73. The molecule has 0 amide bonds. The van der Waals surface area contributed by atoms with Crippen LogP contribution < -0.4 is 9.84 Å². The van der Waals surface area contributed by atoms with E-state index in [1.807, 2.05) is 0 Å². The highest BCUT2D eigenvalue weighted by atomic mass is 35.5. The third-order valence-corrected chi connectivity index (χ3v) is 2.63. The average Bonchev–Trinajstić information content (AvgIpc) is 2.37. The van der Waals surface area contributed by atoms with Gasteiger partial charge in [-0.1, -0.05) is 41.9 Å². The second kappa shape index (κ2) is 5.56. The second-order valence-corrected chi connectivity index (χ2v) is 4.17. The molecule has 0 fully saturated rings. The number of hydrogen-bond acceptors (Lipinski definition) is 3. The Kier molecular flexibility index (Phi) is 3.85. The molecule has 0 saturated heterocycles. The first-order chi connectivity index (χ1) is 8.65. The fourth-order valence-corrected chi connectivity index (χ4v) is 1.64. The van der Waals surface area contributed by atoms with Crippen molar-refractivity contribution in [2.24, 2.45) is 0 Å². The van der Waals surface area contributed by atoms with Gasteiger partial charge in [0.2, 0.25) is 0 Å². The first-order valence-corrected chi connectivity index (χ1v) is 5.71. The van der Waals surface area contributed by atoms with Crippen molar-refractivity contribution in [3.8, 4) is 5.75 Å². The number of halogens is 1. The van der Waals surface area contributed by atoms with Crippen LogP contribution in [0.4, 0.5) is 0 Å². The van der Waals surface area contributed by atoms with Gasteiger partial charge in [0.05, 0.1) is 5.97 Å². The maximum absolute atomic E-state index is 10.6. The van der Waals surface area contributed by atoms with Gasteiger partial charge >= 0.3 is 0 Å². The van der Waals surface area contributed by atoms with E-state index in [1.54, 1.807) is 36.4 Å².